The van der Waals surface area contributed by atoms with Crippen molar-refractivity contribution < 1.29 is 38.1 Å². The number of esters is 2. The van der Waals surface area contributed by atoms with E-state index in [1.165, 1.54) is 21.6 Å². The van der Waals surface area contributed by atoms with Crippen LogP contribution in [-0.4, -0.2) is 70.1 Å². The molecule has 10 nitrogen and oxygen atoms in total. The topological polar surface area (TPSA) is 129 Å². The minimum Gasteiger partial charge on any atom is -0.460 e. The van der Waals surface area contributed by atoms with Gasteiger partial charge in [-0.1, -0.05) is 21.6 Å². The minimum atomic E-state index is -0.656. The van der Waals surface area contributed by atoms with Gasteiger partial charge in [-0.05, 0) is 95.9 Å². The average Bonchev–Trinajstić information content (AvgIpc) is 2.67. The Morgan fingerprint density at radius 3 is 1.05 bits per heavy atom. The van der Waals surface area contributed by atoms with Gasteiger partial charge < -0.3 is 29.6 Å². The molecule has 0 unspecified atom stereocenters. The molecule has 0 aromatic heterocycles. The van der Waals surface area contributed by atoms with Gasteiger partial charge in [-0.3, -0.25) is 9.59 Å². The van der Waals surface area contributed by atoms with Crippen molar-refractivity contribution in [2.24, 2.45) is 0 Å². The summed E-state index contributed by atoms with van der Waals surface area (Å²) in [5.41, 5.74) is -2.50. The van der Waals surface area contributed by atoms with Gasteiger partial charge in [0.05, 0.1) is 0 Å². The van der Waals surface area contributed by atoms with Gasteiger partial charge in [-0.25, -0.2) is 9.59 Å². The molecule has 0 aromatic rings. The zero-order valence-corrected chi connectivity index (χ0v) is 28.1. The summed E-state index contributed by atoms with van der Waals surface area (Å²) in [5.74, 6) is 0.283. The Kier molecular flexibility index (Phi) is 15.8. The zero-order chi connectivity index (χ0) is 31.4. The summed E-state index contributed by atoms with van der Waals surface area (Å²) in [6.45, 7) is 21.5. The molecule has 2 N–H and O–H groups in total. The third-order valence-corrected chi connectivity index (χ3v) is 6.86. The van der Waals surface area contributed by atoms with Gasteiger partial charge in [-0.2, -0.15) is 0 Å². The van der Waals surface area contributed by atoms with Crippen molar-refractivity contribution in [1.29, 1.82) is 0 Å². The van der Waals surface area contributed by atoms with E-state index in [-0.39, 0.29) is 36.9 Å². The molecule has 0 aromatic carbocycles. The fourth-order valence-corrected chi connectivity index (χ4v) is 5.56. The summed E-state index contributed by atoms with van der Waals surface area (Å²) < 4.78 is 21.6. The molecule has 0 rings (SSSR count). The smallest absolute Gasteiger partial charge is 0.407 e. The molecular formula is C28H52N2O8S2. The molecule has 0 saturated carbocycles. The van der Waals surface area contributed by atoms with Crippen LogP contribution in [0.4, 0.5) is 9.59 Å². The molecule has 0 saturated heterocycles. The number of alkyl carbamates (subject to hydrolysis) is 2. The van der Waals surface area contributed by atoms with Crippen LogP contribution in [0.25, 0.3) is 0 Å². The van der Waals surface area contributed by atoms with Crippen LogP contribution >= 0.6 is 21.6 Å². The number of amides is 2. The standard InChI is InChI=1S/C28H52N2O8S2/c1-25(2,3)35-21(31)15-13-19(29-23(33)37-27(7,8)9)17-39-40-18-20(30-24(34)38-28(10,11)12)14-16-22(32)36-26(4,5)6/h19-20H,13-18H2,1-12H3,(H,29,33)(H,30,34)/t19-,20-/m0/s1. The first-order valence-electron chi connectivity index (χ1n) is 13.6. The highest BCUT2D eigenvalue weighted by atomic mass is 33.1. The third kappa shape index (κ3) is 24.0. The molecule has 12 heteroatoms. The Labute approximate surface area is 248 Å². The lowest BCUT2D eigenvalue weighted by Gasteiger charge is -2.25. The van der Waals surface area contributed by atoms with Crippen molar-refractivity contribution in [2.45, 2.75) is 143 Å². The van der Waals surface area contributed by atoms with Gasteiger partial charge in [-0.15, -0.1) is 0 Å². The molecule has 0 heterocycles. The second kappa shape index (κ2) is 16.6. The van der Waals surface area contributed by atoms with Gasteiger partial charge in [0.15, 0.2) is 0 Å². The maximum absolute atomic E-state index is 12.4. The van der Waals surface area contributed by atoms with Gasteiger partial charge in [0, 0.05) is 36.4 Å². The van der Waals surface area contributed by atoms with E-state index in [1.54, 1.807) is 83.1 Å². The molecule has 2 atom stereocenters. The lowest BCUT2D eigenvalue weighted by Crippen LogP contribution is -2.41. The van der Waals surface area contributed by atoms with Gasteiger partial charge >= 0.3 is 24.1 Å². The summed E-state index contributed by atoms with van der Waals surface area (Å²) in [5, 5.41) is 5.69. The van der Waals surface area contributed by atoms with Crippen LogP contribution in [0, 0.1) is 0 Å². The Balaban J connectivity index is 5.16. The van der Waals surface area contributed by atoms with Crippen molar-refractivity contribution in [3.05, 3.63) is 0 Å². The fraction of sp³-hybridized carbons (Fsp3) is 0.857. The van der Waals surface area contributed by atoms with Crippen LogP contribution in [0.3, 0.4) is 0 Å². The van der Waals surface area contributed by atoms with Crippen molar-refractivity contribution in [3.63, 3.8) is 0 Å². The number of ether oxygens (including phenoxy) is 4. The van der Waals surface area contributed by atoms with E-state index in [0.717, 1.165) is 0 Å². The normalized spacial score (nSPS) is 14.0. The van der Waals surface area contributed by atoms with E-state index in [1.807, 2.05) is 0 Å². The highest BCUT2D eigenvalue weighted by molar-refractivity contribution is 8.76. The van der Waals surface area contributed by atoms with E-state index >= 15 is 0 Å². The Bertz CT molecular complexity index is 756. The van der Waals surface area contributed by atoms with Crippen LogP contribution < -0.4 is 10.6 Å². The molecule has 234 valence electrons. The largest absolute Gasteiger partial charge is 0.460 e. The lowest BCUT2D eigenvalue weighted by molar-refractivity contribution is -0.156. The number of rotatable bonds is 13. The molecule has 2 amide bonds. The van der Waals surface area contributed by atoms with Gasteiger partial charge in [0.25, 0.3) is 0 Å². The predicted octanol–water partition coefficient (Wildman–Crippen LogP) is 6.40. The molecule has 0 aliphatic carbocycles. The highest BCUT2D eigenvalue weighted by Gasteiger charge is 2.24. The van der Waals surface area contributed by atoms with E-state index in [0.29, 0.717) is 24.3 Å². The molecule has 0 fully saturated rings. The molecule has 0 aliphatic rings. The first-order valence-corrected chi connectivity index (χ1v) is 16.1. The zero-order valence-electron chi connectivity index (χ0n) is 26.5. The summed E-state index contributed by atoms with van der Waals surface area (Å²) in [7, 11) is 2.97. The quantitative estimate of drug-likeness (QED) is 0.105. The fourth-order valence-electron chi connectivity index (χ4n) is 2.97. The Morgan fingerprint density at radius 2 is 0.800 bits per heavy atom. The Morgan fingerprint density at radius 1 is 0.525 bits per heavy atom. The molecule has 0 bridgehead atoms. The summed E-state index contributed by atoms with van der Waals surface area (Å²) in [4.78, 5) is 49.3. The van der Waals surface area contributed by atoms with Crippen LogP contribution in [0.2, 0.25) is 0 Å². The van der Waals surface area contributed by atoms with E-state index < -0.39 is 34.6 Å². The van der Waals surface area contributed by atoms with Crippen LogP contribution in [0.15, 0.2) is 0 Å². The highest BCUT2D eigenvalue weighted by Crippen LogP contribution is 2.26. The lowest BCUT2D eigenvalue weighted by atomic mass is 10.1. The van der Waals surface area contributed by atoms with Gasteiger partial charge in [0.1, 0.15) is 22.4 Å². The summed E-state index contributed by atoms with van der Waals surface area (Å²) >= 11 is 0. The summed E-state index contributed by atoms with van der Waals surface area (Å²) in [6, 6.07) is -0.696. The van der Waals surface area contributed by atoms with Crippen molar-refractivity contribution in [3.8, 4) is 0 Å². The average molecular weight is 609 g/mol. The number of carbonyl (C=O) groups excluding carboxylic acids is 4. The number of hydrogen-bond acceptors (Lipinski definition) is 10. The number of carbonyl (C=O) groups is 4. The molecule has 0 spiro atoms. The second-order valence-corrected chi connectivity index (χ2v) is 16.1. The molecule has 0 radical (unpaired) electrons. The number of hydrogen-bond donors (Lipinski definition) is 2. The summed E-state index contributed by atoms with van der Waals surface area (Å²) in [6.07, 6.45) is -0.0910. The maximum atomic E-state index is 12.4. The van der Waals surface area contributed by atoms with Crippen LogP contribution in [0.5, 0.6) is 0 Å². The molecular weight excluding hydrogens is 556 g/mol. The monoisotopic (exact) mass is 608 g/mol. The van der Waals surface area contributed by atoms with Crippen molar-refractivity contribution >= 4 is 45.7 Å². The van der Waals surface area contributed by atoms with Crippen molar-refractivity contribution in [2.75, 3.05) is 11.5 Å². The molecule has 0 aliphatic heterocycles. The van der Waals surface area contributed by atoms with E-state index in [4.69, 9.17) is 18.9 Å². The van der Waals surface area contributed by atoms with E-state index in [9.17, 15) is 19.2 Å². The first kappa shape index (κ1) is 38.2. The van der Waals surface area contributed by atoms with E-state index in [2.05, 4.69) is 10.6 Å². The molecule has 40 heavy (non-hydrogen) atoms. The Hall–Kier alpha value is -1.82. The van der Waals surface area contributed by atoms with Crippen molar-refractivity contribution in [1.82, 2.24) is 10.6 Å². The minimum absolute atomic E-state index is 0.141. The number of nitrogens with one attached hydrogen (secondary N) is 2. The van der Waals surface area contributed by atoms with Crippen LogP contribution in [0.1, 0.15) is 109 Å². The van der Waals surface area contributed by atoms with Crippen LogP contribution in [-0.2, 0) is 28.5 Å². The maximum Gasteiger partial charge on any atom is 0.407 e. The predicted molar refractivity (Wildman–Crippen MR) is 161 cm³/mol. The second-order valence-electron chi connectivity index (χ2n) is 13.5. The third-order valence-electron chi connectivity index (χ3n) is 4.30. The first-order chi connectivity index (χ1) is 17.9. The SMILES string of the molecule is CC(C)(C)OC(=O)CC[C@@H](CSSC[C@H](CCC(=O)OC(C)(C)C)NC(=O)OC(C)(C)C)NC(=O)OC(C)(C)C. The van der Waals surface area contributed by atoms with Gasteiger partial charge in [0.2, 0.25) is 0 Å².